The number of fused-ring (bicyclic) bond motifs is 1. The van der Waals surface area contributed by atoms with Crippen LogP contribution in [0, 0.1) is 5.92 Å². The van der Waals surface area contributed by atoms with Gasteiger partial charge in [-0.25, -0.2) is 0 Å². The highest BCUT2D eigenvalue weighted by atomic mass is 16.7. The Morgan fingerprint density at radius 2 is 2.12 bits per heavy atom. The van der Waals surface area contributed by atoms with Gasteiger partial charge in [-0.3, -0.25) is 14.6 Å². The molecule has 0 spiro atoms. The maximum absolute atomic E-state index is 12.4. The summed E-state index contributed by atoms with van der Waals surface area (Å²) in [5.74, 6) is 0.614. The number of amides is 2. The lowest BCUT2D eigenvalue weighted by atomic mass is 10.1. The molecule has 24 heavy (non-hydrogen) atoms. The van der Waals surface area contributed by atoms with Crippen molar-refractivity contribution in [1.82, 2.24) is 4.98 Å². The third-order valence-corrected chi connectivity index (χ3v) is 4.09. The van der Waals surface area contributed by atoms with E-state index in [4.69, 9.17) is 9.47 Å². The Labute approximate surface area is 138 Å². The Balaban J connectivity index is 1.48. The maximum atomic E-state index is 12.4. The largest absolute Gasteiger partial charge is 0.454 e. The highest BCUT2D eigenvalue weighted by molar-refractivity contribution is 6.03. The van der Waals surface area contributed by atoms with Crippen molar-refractivity contribution < 1.29 is 19.1 Å². The lowest BCUT2D eigenvalue weighted by molar-refractivity contribution is -0.122. The predicted molar refractivity (Wildman–Crippen MR) is 85.9 cm³/mol. The zero-order chi connectivity index (χ0) is 16.5. The van der Waals surface area contributed by atoms with Crippen LogP contribution in [0.25, 0.3) is 0 Å². The molecule has 4 rings (SSSR count). The first kappa shape index (κ1) is 14.5. The maximum Gasteiger partial charge on any atom is 0.231 e. The predicted octanol–water partition coefficient (Wildman–Crippen LogP) is 1.80. The van der Waals surface area contributed by atoms with Gasteiger partial charge in [-0.15, -0.1) is 0 Å². The smallest absolute Gasteiger partial charge is 0.231 e. The molecule has 1 atom stereocenters. The van der Waals surface area contributed by atoms with Crippen LogP contribution in [0.15, 0.2) is 42.7 Å². The molecule has 0 bridgehead atoms. The summed E-state index contributed by atoms with van der Waals surface area (Å²) in [7, 11) is 0. The normalized spacial score (nSPS) is 18.8. The Kier molecular flexibility index (Phi) is 3.53. The van der Waals surface area contributed by atoms with Crippen molar-refractivity contribution in [3.8, 4) is 11.5 Å². The monoisotopic (exact) mass is 325 g/mol. The first-order valence-corrected chi connectivity index (χ1v) is 7.61. The van der Waals surface area contributed by atoms with Gasteiger partial charge in [0, 0.05) is 30.9 Å². The van der Waals surface area contributed by atoms with Gasteiger partial charge in [0.2, 0.25) is 18.6 Å². The van der Waals surface area contributed by atoms with Crippen LogP contribution in [0.4, 0.5) is 11.4 Å². The number of anilines is 2. The van der Waals surface area contributed by atoms with Crippen molar-refractivity contribution in [3.63, 3.8) is 0 Å². The quantitative estimate of drug-likeness (QED) is 0.931. The molecule has 7 nitrogen and oxygen atoms in total. The van der Waals surface area contributed by atoms with Crippen LogP contribution in [-0.2, 0) is 9.59 Å². The minimum absolute atomic E-state index is 0.0831. The molecule has 2 aromatic rings. The van der Waals surface area contributed by atoms with Gasteiger partial charge in [0.25, 0.3) is 0 Å². The van der Waals surface area contributed by atoms with Crippen LogP contribution in [0.2, 0.25) is 0 Å². The zero-order valence-electron chi connectivity index (χ0n) is 12.8. The first-order valence-electron chi connectivity index (χ1n) is 7.61. The fourth-order valence-electron chi connectivity index (χ4n) is 2.87. The first-order chi connectivity index (χ1) is 11.7. The second kappa shape index (κ2) is 5.84. The number of hydrogen-bond acceptors (Lipinski definition) is 5. The molecule has 2 amide bonds. The molecule has 1 saturated heterocycles. The van der Waals surface area contributed by atoms with Crippen LogP contribution in [0.5, 0.6) is 11.5 Å². The van der Waals surface area contributed by atoms with Crippen LogP contribution in [0.3, 0.4) is 0 Å². The van der Waals surface area contributed by atoms with Crippen molar-refractivity contribution in [2.24, 2.45) is 5.92 Å². The van der Waals surface area contributed by atoms with Gasteiger partial charge in [-0.05, 0) is 24.3 Å². The molecule has 2 aliphatic rings. The number of pyridine rings is 1. The number of carbonyl (C=O) groups is 2. The highest BCUT2D eigenvalue weighted by Gasteiger charge is 2.35. The molecule has 1 aromatic heterocycles. The highest BCUT2D eigenvalue weighted by Crippen LogP contribution is 2.37. The van der Waals surface area contributed by atoms with E-state index in [0.717, 1.165) is 0 Å². The van der Waals surface area contributed by atoms with Crippen LogP contribution >= 0.6 is 0 Å². The molecule has 3 heterocycles. The number of aromatic nitrogens is 1. The van der Waals surface area contributed by atoms with E-state index >= 15 is 0 Å². The SMILES string of the molecule is O=C(Nc1cccnc1)C1CC(=O)N(c2ccc3c(c2)OCO3)C1. The van der Waals surface area contributed by atoms with E-state index in [1.54, 1.807) is 47.6 Å². The molecular formula is C17H15N3O4. The van der Waals surface area contributed by atoms with E-state index in [9.17, 15) is 9.59 Å². The molecule has 1 aromatic carbocycles. The van der Waals surface area contributed by atoms with Crippen molar-refractivity contribution in [3.05, 3.63) is 42.7 Å². The molecular weight excluding hydrogens is 310 g/mol. The summed E-state index contributed by atoms with van der Waals surface area (Å²) in [4.78, 5) is 30.2. The van der Waals surface area contributed by atoms with Gasteiger partial charge >= 0.3 is 0 Å². The van der Waals surface area contributed by atoms with Gasteiger partial charge in [-0.2, -0.15) is 0 Å². The number of nitrogens with zero attached hydrogens (tertiary/aromatic N) is 2. The van der Waals surface area contributed by atoms with E-state index in [1.807, 2.05) is 0 Å². The van der Waals surface area contributed by atoms with Crippen molar-refractivity contribution >= 4 is 23.2 Å². The molecule has 0 aliphatic carbocycles. The summed E-state index contributed by atoms with van der Waals surface area (Å²) in [5, 5.41) is 2.79. The Hall–Kier alpha value is -3.09. The van der Waals surface area contributed by atoms with Gasteiger partial charge in [0.1, 0.15) is 0 Å². The fraction of sp³-hybridized carbons (Fsp3) is 0.235. The average molecular weight is 325 g/mol. The number of hydrogen-bond donors (Lipinski definition) is 1. The van der Waals surface area contributed by atoms with E-state index in [-0.39, 0.29) is 25.0 Å². The Morgan fingerprint density at radius 3 is 2.96 bits per heavy atom. The lowest BCUT2D eigenvalue weighted by Crippen LogP contribution is -2.28. The lowest BCUT2D eigenvalue weighted by Gasteiger charge is -2.17. The number of carbonyl (C=O) groups excluding carboxylic acids is 2. The van der Waals surface area contributed by atoms with E-state index in [2.05, 4.69) is 10.3 Å². The molecule has 2 aliphatic heterocycles. The standard InChI is InChI=1S/C17H15N3O4/c21-16-6-11(17(22)19-12-2-1-5-18-8-12)9-20(16)13-3-4-14-15(7-13)24-10-23-14/h1-5,7-8,11H,6,9-10H2,(H,19,22). The summed E-state index contributed by atoms with van der Waals surface area (Å²) < 4.78 is 10.6. The second-order valence-electron chi connectivity index (χ2n) is 5.67. The molecule has 0 saturated carbocycles. The summed E-state index contributed by atoms with van der Waals surface area (Å²) >= 11 is 0. The van der Waals surface area contributed by atoms with E-state index in [1.165, 1.54) is 0 Å². The summed E-state index contributed by atoms with van der Waals surface area (Å²) in [5.41, 5.74) is 1.33. The van der Waals surface area contributed by atoms with Gasteiger partial charge in [0.05, 0.1) is 17.8 Å². The second-order valence-corrected chi connectivity index (χ2v) is 5.67. The summed E-state index contributed by atoms with van der Waals surface area (Å²) in [6.45, 7) is 0.521. The molecule has 7 heteroatoms. The zero-order valence-corrected chi connectivity index (χ0v) is 12.8. The van der Waals surface area contributed by atoms with Crippen molar-refractivity contribution in [2.45, 2.75) is 6.42 Å². The number of nitrogens with one attached hydrogen (secondary N) is 1. The minimum Gasteiger partial charge on any atom is -0.454 e. The van der Waals surface area contributed by atoms with Crippen molar-refractivity contribution in [2.75, 3.05) is 23.6 Å². The topological polar surface area (TPSA) is 80.8 Å². The van der Waals surface area contributed by atoms with Gasteiger partial charge in [-0.1, -0.05) is 0 Å². The van der Waals surface area contributed by atoms with E-state index < -0.39 is 5.92 Å². The molecule has 1 N–H and O–H groups in total. The number of benzene rings is 1. The van der Waals surface area contributed by atoms with Gasteiger partial charge < -0.3 is 19.7 Å². The third kappa shape index (κ3) is 2.64. The number of ether oxygens (including phenoxy) is 2. The van der Waals surface area contributed by atoms with Crippen molar-refractivity contribution in [1.29, 1.82) is 0 Å². The molecule has 0 radical (unpaired) electrons. The minimum atomic E-state index is -0.400. The Bertz CT molecular complexity index is 794. The third-order valence-electron chi connectivity index (χ3n) is 4.09. The Morgan fingerprint density at radius 1 is 1.25 bits per heavy atom. The van der Waals surface area contributed by atoms with Crippen LogP contribution in [-0.4, -0.2) is 30.1 Å². The summed E-state index contributed by atoms with van der Waals surface area (Å²) in [6.07, 6.45) is 3.39. The fourth-order valence-corrected chi connectivity index (χ4v) is 2.87. The average Bonchev–Trinajstić information content (AvgIpc) is 3.21. The van der Waals surface area contributed by atoms with Gasteiger partial charge in [0.15, 0.2) is 11.5 Å². The van der Waals surface area contributed by atoms with Crippen LogP contribution in [0.1, 0.15) is 6.42 Å². The van der Waals surface area contributed by atoms with Crippen LogP contribution < -0.4 is 19.7 Å². The number of rotatable bonds is 3. The van der Waals surface area contributed by atoms with E-state index in [0.29, 0.717) is 29.4 Å². The summed E-state index contributed by atoms with van der Waals surface area (Å²) in [6, 6.07) is 8.84. The molecule has 1 unspecified atom stereocenters. The molecule has 1 fully saturated rings. The molecule has 122 valence electrons.